The number of hydrogen-bond donors (Lipinski definition) is 1. The third-order valence-corrected chi connectivity index (χ3v) is 3.08. The molecule has 0 aliphatic carbocycles. The van der Waals surface area contributed by atoms with Crippen LogP contribution < -0.4 is 5.73 Å². The van der Waals surface area contributed by atoms with Gasteiger partial charge >= 0.3 is 0 Å². The summed E-state index contributed by atoms with van der Waals surface area (Å²) in [7, 11) is 0. The van der Waals surface area contributed by atoms with Gasteiger partial charge in [-0.3, -0.25) is 0 Å². The van der Waals surface area contributed by atoms with Gasteiger partial charge in [0.05, 0.1) is 0 Å². The van der Waals surface area contributed by atoms with Crippen LogP contribution in [0.25, 0.3) is 11.3 Å². The van der Waals surface area contributed by atoms with Gasteiger partial charge in [0.2, 0.25) is 5.88 Å². The van der Waals surface area contributed by atoms with E-state index in [2.05, 4.69) is 51.1 Å². The second kappa shape index (κ2) is 4.84. The van der Waals surface area contributed by atoms with Gasteiger partial charge < -0.3 is 10.3 Å². The van der Waals surface area contributed by atoms with Crippen LogP contribution in [0.2, 0.25) is 0 Å². The zero-order valence-electron chi connectivity index (χ0n) is 11.4. The summed E-state index contributed by atoms with van der Waals surface area (Å²) in [5.41, 5.74) is 11.3. The number of nitrogens with zero attached hydrogens (tertiary/aromatic N) is 1. The Balaban J connectivity index is 2.53. The number of anilines is 1. The molecule has 0 saturated carbocycles. The van der Waals surface area contributed by atoms with Crippen molar-refractivity contribution in [2.24, 2.45) is 5.92 Å². The zero-order valence-corrected chi connectivity index (χ0v) is 11.4. The van der Waals surface area contributed by atoms with Crippen LogP contribution in [0.5, 0.6) is 0 Å². The van der Waals surface area contributed by atoms with Crippen LogP contribution in [0.4, 0.5) is 5.88 Å². The van der Waals surface area contributed by atoms with Crippen LogP contribution in [-0.4, -0.2) is 5.16 Å². The average molecular weight is 244 g/mol. The molecular weight excluding hydrogens is 224 g/mol. The molecule has 0 fully saturated rings. The van der Waals surface area contributed by atoms with Gasteiger partial charge in [0.1, 0.15) is 5.69 Å². The van der Waals surface area contributed by atoms with Gasteiger partial charge in [-0.25, -0.2) is 0 Å². The average Bonchev–Trinajstić information content (AvgIpc) is 2.64. The highest BCUT2D eigenvalue weighted by Gasteiger charge is 2.17. The van der Waals surface area contributed by atoms with Crippen molar-refractivity contribution in [3.63, 3.8) is 0 Å². The molecular formula is C15H20N2O. The standard InChI is InChI=1S/C15H20N2O/c1-9(2)7-13-14(17-18-15(13)16)12-8-10(3)5-6-11(12)4/h5-6,8-9H,7,16H2,1-4H3. The maximum absolute atomic E-state index is 5.89. The van der Waals surface area contributed by atoms with E-state index in [-0.39, 0.29) is 0 Å². The van der Waals surface area contributed by atoms with E-state index in [0.29, 0.717) is 11.8 Å². The molecule has 3 heteroatoms. The van der Waals surface area contributed by atoms with Gasteiger partial charge in [-0.1, -0.05) is 36.7 Å². The number of nitrogens with two attached hydrogens (primary N) is 1. The third-order valence-electron chi connectivity index (χ3n) is 3.08. The fourth-order valence-corrected chi connectivity index (χ4v) is 2.13. The highest BCUT2D eigenvalue weighted by atomic mass is 16.5. The minimum atomic E-state index is 0.444. The molecule has 0 unspecified atom stereocenters. The Bertz CT molecular complexity index is 556. The molecule has 0 radical (unpaired) electrons. The van der Waals surface area contributed by atoms with Crippen LogP contribution in [0.1, 0.15) is 30.5 Å². The van der Waals surface area contributed by atoms with E-state index in [9.17, 15) is 0 Å². The Morgan fingerprint density at radius 1 is 1.28 bits per heavy atom. The summed E-state index contributed by atoms with van der Waals surface area (Å²) >= 11 is 0. The van der Waals surface area contributed by atoms with Crippen LogP contribution in [0, 0.1) is 19.8 Å². The van der Waals surface area contributed by atoms with Crippen LogP contribution in [-0.2, 0) is 6.42 Å². The topological polar surface area (TPSA) is 52.0 Å². The first-order valence-corrected chi connectivity index (χ1v) is 6.30. The van der Waals surface area contributed by atoms with Crippen molar-refractivity contribution in [3.05, 3.63) is 34.9 Å². The highest BCUT2D eigenvalue weighted by Crippen LogP contribution is 2.31. The van der Waals surface area contributed by atoms with Gasteiger partial charge in [0.25, 0.3) is 0 Å². The molecule has 0 saturated heterocycles. The summed E-state index contributed by atoms with van der Waals surface area (Å²) in [4.78, 5) is 0. The van der Waals surface area contributed by atoms with Crippen molar-refractivity contribution in [1.82, 2.24) is 5.16 Å². The van der Waals surface area contributed by atoms with E-state index in [0.717, 1.165) is 23.2 Å². The molecule has 96 valence electrons. The molecule has 0 aliphatic rings. The molecule has 2 rings (SSSR count). The Kier molecular flexibility index (Phi) is 3.41. The second-order valence-corrected chi connectivity index (χ2v) is 5.29. The number of benzene rings is 1. The van der Waals surface area contributed by atoms with Gasteiger partial charge in [-0.2, -0.15) is 0 Å². The normalized spacial score (nSPS) is 11.2. The molecule has 3 nitrogen and oxygen atoms in total. The Morgan fingerprint density at radius 3 is 2.67 bits per heavy atom. The molecule has 2 N–H and O–H groups in total. The second-order valence-electron chi connectivity index (χ2n) is 5.29. The molecule has 0 amide bonds. The number of rotatable bonds is 3. The first-order chi connectivity index (χ1) is 8.49. The van der Waals surface area contributed by atoms with Gasteiger partial charge in [0, 0.05) is 11.1 Å². The number of hydrogen-bond acceptors (Lipinski definition) is 3. The Labute approximate surface area is 108 Å². The fraction of sp³-hybridized carbons (Fsp3) is 0.400. The lowest BCUT2D eigenvalue weighted by molar-refractivity contribution is 0.438. The molecule has 1 aromatic carbocycles. The molecule has 18 heavy (non-hydrogen) atoms. The summed E-state index contributed by atoms with van der Waals surface area (Å²) in [6, 6.07) is 6.34. The van der Waals surface area contributed by atoms with Crippen molar-refractivity contribution in [1.29, 1.82) is 0 Å². The Hall–Kier alpha value is -1.77. The summed E-state index contributed by atoms with van der Waals surface area (Å²) in [6.07, 6.45) is 0.887. The fourth-order valence-electron chi connectivity index (χ4n) is 2.13. The first kappa shape index (κ1) is 12.7. The van der Waals surface area contributed by atoms with Gasteiger partial charge in [0.15, 0.2) is 0 Å². The van der Waals surface area contributed by atoms with Crippen LogP contribution >= 0.6 is 0 Å². The molecule has 0 atom stereocenters. The third kappa shape index (κ3) is 2.40. The zero-order chi connectivity index (χ0) is 13.3. The van der Waals surface area contributed by atoms with E-state index >= 15 is 0 Å². The SMILES string of the molecule is Cc1ccc(C)c(-c2noc(N)c2CC(C)C)c1. The maximum Gasteiger partial charge on any atom is 0.225 e. The summed E-state index contributed by atoms with van der Waals surface area (Å²) < 4.78 is 5.17. The highest BCUT2D eigenvalue weighted by molar-refractivity contribution is 5.70. The van der Waals surface area contributed by atoms with Gasteiger partial charge in [-0.15, -0.1) is 0 Å². The minimum Gasteiger partial charge on any atom is -0.367 e. The maximum atomic E-state index is 5.89. The smallest absolute Gasteiger partial charge is 0.225 e. The van der Waals surface area contributed by atoms with Crippen molar-refractivity contribution in [3.8, 4) is 11.3 Å². The number of nitrogen functional groups attached to an aromatic ring is 1. The quantitative estimate of drug-likeness (QED) is 0.894. The molecule has 1 aromatic heterocycles. The monoisotopic (exact) mass is 244 g/mol. The largest absolute Gasteiger partial charge is 0.367 e. The molecule has 0 aliphatic heterocycles. The van der Waals surface area contributed by atoms with Crippen molar-refractivity contribution in [2.45, 2.75) is 34.1 Å². The molecule has 0 spiro atoms. The van der Waals surface area contributed by atoms with E-state index in [4.69, 9.17) is 10.3 Å². The van der Waals surface area contributed by atoms with Crippen molar-refractivity contribution in [2.75, 3.05) is 5.73 Å². The summed E-state index contributed by atoms with van der Waals surface area (Å²) in [6.45, 7) is 8.49. The van der Waals surface area contributed by atoms with E-state index < -0.39 is 0 Å². The van der Waals surface area contributed by atoms with Crippen molar-refractivity contribution < 1.29 is 4.52 Å². The number of aromatic nitrogens is 1. The predicted molar refractivity (Wildman–Crippen MR) is 74.4 cm³/mol. The predicted octanol–water partition coefficient (Wildman–Crippen LogP) is 3.74. The van der Waals surface area contributed by atoms with Crippen LogP contribution in [0.3, 0.4) is 0 Å². The Morgan fingerprint density at radius 2 is 2.00 bits per heavy atom. The van der Waals surface area contributed by atoms with E-state index in [1.807, 2.05) is 0 Å². The number of aryl methyl sites for hydroxylation is 2. The molecule has 2 aromatic rings. The van der Waals surface area contributed by atoms with E-state index in [1.165, 1.54) is 11.1 Å². The first-order valence-electron chi connectivity index (χ1n) is 6.30. The van der Waals surface area contributed by atoms with Crippen molar-refractivity contribution >= 4 is 5.88 Å². The van der Waals surface area contributed by atoms with Gasteiger partial charge in [-0.05, 0) is 37.8 Å². The lowest BCUT2D eigenvalue weighted by atomic mass is 9.96. The molecule has 0 bridgehead atoms. The van der Waals surface area contributed by atoms with E-state index in [1.54, 1.807) is 0 Å². The summed E-state index contributed by atoms with van der Waals surface area (Å²) in [5.74, 6) is 0.968. The van der Waals surface area contributed by atoms with Crippen LogP contribution in [0.15, 0.2) is 22.7 Å². The lowest BCUT2D eigenvalue weighted by Gasteiger charge is -2.08. The minimum absolute atomic E-state index is 0.444. The lowest BCUT2D eigenvalue weighted by Crippen LogP contribution is -1.99. The molecule has 1 heterocycles. The summed E-state index contributed by atoms with van der Waals surface area (Å²) in [5, 5.41) is 4.14.